The number of hydrogen-bond donors (Lipinski definition) is 2. The maximum Gasteiger partial charge on any atom is 0.178 e. The number of nitrogens with one attached hydrogen (secondary N) is 2. The largest absolute Gasteiger partial charge is 0.489 e. The number of fused-ring (bicyclic) bond motifs is 2. The highest BCUT2D eigenvalue weighted by atomic mass is 16.5. The van der Waals surface area contributed by atoms with Crippen LogP contribution in [0.1, 0.15) is 0 Å². The minimum absolute atomic E-state index is 0.528. The lowest BCUT2D eigenvalue weighted by molar-refractivity contribution is 0.147. The van der Waals surface area contributed by atoms with Crippen molar-refractivity contribution in [2.75, 3.05) is 25.6 Å². The summed E-state index contributed by atoms with van der Waals surface area (Å²) in [5.41, 5.74) is 3.73. The van der Waals surface area contributed by atoms with Gasteiger partial charge in [-0.3, -0.25) is 10.1 Å². The first-order valence-electron chi connectivity index (χ1n) is 8.03. The van der Waals surface area contributed by atoms with Gasteiger partial charge in [0.2, 0.25) is 0 Å². The van der Waals surface area contributed by atoms with Crippen LogP contribution in [0.5, 0.6) is 5.75 Å². The van der Waals surface area contributed by atoms with E-state index >= 15 is 0 Å². The highest BCUT2D eigenvalue weighted by Crippen LogP contribution is 2.31. The minimum Gasteiger partial charge on any atom is -0.489 e. The second-order valence-corrected chi connectivity index (χ2v) is 5.77. The van der Waals surface area contributed by atoms with E-state index in [2.05, 4.69) is 26.6 Å². The molecular formula is C18H19N5O2. The molecule has 0 fully saturated rings. The van der Waals surface area contributed by atoms with Gasteiger partial charge < -0.3 is 19.4 Å². The van der Waals surface area contributed by atoms with Gasteiger partial charge in [-0.25, -0.2) is 0 Å². The number of benzene rings is 1. The molecule has 7 nitrogen and oxygen atoms in total. The zero-order valence-electron chi connectivity index (χ0n) is 14.1. The lowest BCUT2D eigenvalue weighted by atomic mass is 10.2. The van der Waals surface area contributed by atoms with Gasteiger partial charge in [-0.05, 0) is 30.3 Å². The van der Waals surface area contributed by atoms with Crippen LogP contribution in [-0.4, -0.2) is 40.1 Å². The highest BCUT2D eigenvalue weighted by molar-refractivity contribution is 5.92. The van der Waals surface area contributed by atoms with Crippen LogP contribution in [0.2, 0.25) is 0 Å². The average molecular weight is 337 g/mol. The molecule has 0 radical (unpaired) electrons. The summed E-state index contributed by atoms with van der Waals surface area (Å²) < 4.78 is 12.9. The van der Waals surface area contributed by atoms with Gasteiger partial charge >= 0.3 is 0 Å². The molecule has 0 amide bonds. The lowest BCUT2D eigenvalue weighted by Gasteiger charge is -2.06. The first-order chi connectivity index (χ1) is 12.3. The number of methoxy groups -OCH3 is 1. The number of anilines is 2. The Labute approximate surface area is 144 Å². The highest BCUT2D eigenvalue weighted by Gasteiger charge is 2.11. The van der Waals surface area contributed by atoms with Crippen molar-refractivity contribution < 1.29 is 9.47 Å². The van der Waals surface area contributed by atoms with Crippen molar-refractivity contribution in [3.63, 3.8) is 0 Å². The summed E-state index contributed by atoms with van der Waals surface area (Å²) >= 11 is 0. The number of rotatable bonds is 6. The van der Waals surface area contributed by atoms with Gasteiger partial charge in [-0.15, -0.1) is 0 Å². The normalized spacial score (nSPS) is 11.3. The Kier molecular flexibility index (Phi) is 3.99. The fourth-order valence-corrected chi connectivity index (χ4v) is 2.85. The molecule has 1 aromatic carbocycles. The Morgan fingerprint density at radius 3 is 3.04 bits per heavy atom. The van der Waals surface area contributed by atoms with E-state index in [1.165, 1.54) is 0 Å². The molecule has 128 valence electrons. The Morgan fingerprint density at radius 2 is 2.16 bits per heavy atom. The molecule has 0 saturated heterocycles. The van der Waals surface area contributed by atoms with Crippen LogP contribution in [0.3, 0.4) is 0 Å². The quantitative estimate of drug-likeness (QED) is 0.528. The summed E-state index contributed by atoms with van der Waals surface area (Å²) in [6, 6.07) is 9.95. The third kappa shape index (κ3) is 2.89. The Bertz CT molecular complexity index is 1020. The van der Waals surface area contributed by atoms with E-state index in [9.17, 15) is 0 Å². The van der Waals surface area contributed by atoms with Gasteiger partial charge in [-0.1, -0.05) is 0 Å². The van der Waals surface area contributed by atoms with Crippen LogP contribution in [0.25, 0.3) is 21.9 Å². The smallest absolute Gasteiger partial charge is 0.178 e. The molecule has 0 spiro atoms. The van der Waals surface area contributed by atoms with E-state index in [4.69, 9.17) is 9.47 Å². The van der Waals surface area contributed by atoms with Crippen molar-refractivity contribution in [2.45, 2.75) is 0 Å². The van der Waals surface area contributed by atoms with Gasteiger partial charge in [0.15, 0.2) is 5.82 Å². The van der Waals surface area contributed by atoms with E-state index < -0.39 is 0 Å². The predicted octanol–water partition coefficient (Wildman–Crippen LogP) is 3.22. The Morgan fingerprint density at radius 1 is 1.24 bits per heavy atom. The first kappa shape index (κ1) is 15.5. The molecular weight excluding hydrogens is 318 g/mol. The van der Waals surface area contributed by atoms with Crippen LogP contribution in [-0.2, 0) is 11.8 Å². The summed E-state index contributed by atoms with van der Waals surface area (Å²) in [5.74, 6) is 1.56. The maximum absolute atomic E-state index is 5.79. The molecule has 0 bridgehead atoms. The zero-order chi connectivity index (χ0) is 17.2. The molecule has 0 aliphatic heterocycles. The first-order valence-corrected chi connectivity index (χ1v) is 8.03. The van der Waals surface area contributed by atoms with Crippen molar-refractivity contribution in [2.24, 2.45) is 7.05 Å². The third-order valence-corrected chi connectivity index (χ3v) is 4.08. The summed E-state index contributed by atoms with van der Waals surface area (Å²) in [5, 5.41) is 11.7. The van der Waals surface area contributed by atoms with Crippen LogP contribution < -0.4 is 10.1 Å². The molecule has 0 aliphatic rings. The monoisotopic (exact) mass is 337 g/mol. The number of nitrogens with zero attached hydrogens (tertiary/aromatic N) is 3. The van der Waals surface area contributed by atoms with E-state index in [0.717, 1.165) is 33.4 Å². The Hall–Kier alpha value is -3.06. The third-order valence-electron chi connectivity index (χ3n) is 4.08. The van der Waals surface area contributed by atoms with Crippen molar-refractivity contribution in [3.05, 3.63) is 42.7 Å². The molecule has 0 unspecified atom stereocenters. The number of ether oxygens (including phenoxy) is 2. The van der Waals surface area contributed by atoms with Crippen molar-refractivity contribution in [3.8, 4) is 5.75 Å². The molecule has 2 N–H and O–H groups in total. The molecule has 3 aromatic heterocycles. The second kappa shape index (κ2) is 6.45. The second-order valence-electron chi connectivity index (χ2n) is 5.77. The molecule has 7 heteroatoms. The number of pyridine rings is 1. The average Bonchev–Trinajstić information content (AvgIpc) is 3.17. The summed E-state index contributed by atoms with van der Waals surface area (Å²) in [4.78, 5) is 4.37. The SMILES string of the molecule is COCCOc1cn(C)c2cc(Nc3n[nH]c4cccnc34)ccc12. The fraction of sp³-hybridized carbons (Fsp3) is 0.222. The molecule has 4 rings (SSSR count). The van der Waals surface area contributed by atoms with Crippen LogP contribution in [0.4, 0.5) is 11.5 Å². The van der Waals surface area contributed by atoms with Gasteiger partial charge in [-0.2, -0.15) is 5.10 Å². The van der Waals surface area contributed by atoms with Crippen molar-refractivity contribution >= 4 is 33.4 Å². The number of hydrogen-bond acceptors (Lipinski definition) is 5. The van der Waals surface area contributed by atoms with Gasteiger partial charge in [0, 0.05) is 37.6 Å². The molecule has 0 saturated carbocycles. The van der Waals surface area contributed by atoms with E-state index in [1.54, 1.807) is 13.3 Å². The lowest BCUT2D eigenvalue weighted by Crippen LogP contribution is -2.03. The molecule has 0 atom stereocenters. The van der Waals surface area contributed by atoms with Crippen LogP contribution in [0.15, 0.2) is 42.7 Å². The maximum atomic E-state index is 5.79. The molecule has 3 heterocycles. The summed E-state index contributed by atoms with van der Waals surface area (Å²) in [6.07, 6.45) is 3.74. The molecule has 4 aromatic rings. The van der Waals surface area contributed by atoms with Gasteiger partial charge in [0.1, 0.15) is 17.9 Å². The molecule has 0 aliphatic carbocycles. The fourth-order valence-electron chi connectivity index (χ4n) is 2.85. The van der Waals surface area contributed by atoms with Crippen LogP contribution >= 0.6 is 0 Å². The van der Waals surface area contributed by atoms with Crippen molar-refractivity contribution in [1.82, 2.24) is 19.7 Å². The topological polar surface area (TPSA) is 77.0 Å². The minimum atomic E-state index is 0.528. The van der Waals surface area contributed by atoms with Crippen LogP contribution in [0, 0.1) is 0 Å². The number of aromatic nitrogens is 4. The van der Waals surface area contributed by atoms with E-state index in [-0.39, 0.29) is 0 Å². The van der Waals surface area contributed by atoms with Crippen molar-refractivity contribution in [1.29, 1.82) is 0 Å². The molecule has 25 heavy (non-hydrogen) atoms. The number of aryl methyl sites for hydroxylation is 1. The summed E-state index contributed by atoms with van der Waals surface area (Å²) in [7, 11) is 3.67. The predicted molar refractivity (Wildman–Crippen MR) is 97.5 cm³/mol. The zero-order valence-corrected chi connectivity index (χ0v) is 14.1. The summed E-state index contributed by atoms with van der Waals surface area (Å²) in [6.45, 7) is 1.09. The Balaban J connectivity index is 1.64. The number of aromatic amines is 1. The van der Waals surface area contributed by atoms with E-state index in [1.807, 2.05) is 42.1 Å². The van der Waals surface area contributed by atoms with Gasteiger partial charge in [0.25, 0.3) is 0 Å². The van der Waals surface area contributed by atoms with E-state index in [0.29, 0.717) is 19.0 Å². The standard InChI is InChI=1S/C18H19N5O2/c1-23-11-16(25-9-8-24-2)13-6-5-12(10-15(13)23)20-18-17-14(21-22-18)4-3-7-19-17/h3-7,10-11H,8-9H2,1-2H3,(H2,20,21,22). The number of H-pyrrole nitrogens is 1. The van der Waals surface area contributed by atoms with Gasteiger partial charge in [0.05, 0.1) is 17.6 Å².